The Morgan fingerprint density at radius 1 is 1.10 bits per heavy atom. The van der Waals surface area contributed by atoms with Gasteiger partial charge in [-0.1, -0.05) is 36.4 Å². The van der Waals surface area contributed by atoms with Crippen molar-refractivity contribution in [1.29, 1.82) is 0 Å². The summed E-state index contributed by atoms with van der Waals surface area (Å²) in [6.07, 6.45) is 1.76. The summed E-state index contributed by atoms with van der Waals surface area (Å²) in [7, 11) is 1.60. The fourth-order valence-electron chi connectivity index (χ4n) is 4.34. The van der Waals surface area contributed by atoms with E-state index in [1.165, 1.54) is 11.1 Å². The zero-order valence-electron chi connectivity index (χ0n) is 17.7. The van der Waals surface area contributed by atoms with Crippen molar-refractivity contribution in [2.24, 2.45) is 0 Å². The summed E-state index contributed by atoms with van der Waals surface area (Å²) in [5, 5.41) is 0. The lowest BCUT2D eigenvalue weighted by Crippen LogP contribution is -2.30. The molecule has 5 heteroatoms. The first kappa shape index (κ1) is 19.4. The Morgan fingerprint density at radius 2 is 1.97 bits per heavy atom. The molecule has 1 unspecified atom stereocenters. The number of benzene rings is 3. The SMILES string of the molecule is COc1cccc(C(=O)N2CCCC2c2nc3cc(-c4ccccc4C)ccc3o2)c1. The van der Waals surface area contributed by atoms with Crippen molar-refractivity contribution in [3.05, 3.63) is 83.7 Å². The standard InChI is InChI=1S/C26H24N2O3/c1-17-7-3-4-10-21(17)18-12-13-24-22(16-18)27-25(31-24)23-11-6-14-28(23)26(29)19-8-5-9-20(15-19)30-2/h3-5,7-10,12-13,15-16,23H,6,11,14H2,1-2H3. The first-order valence-electron chi connectivity index (χ1n) is 10.6. The summed E-state index contributed by atoms with van der Waals surface area (Å²) in [6, 6.07) is 21.5. The maximum Gasteiger partial charge on any atom is 0.254 e. The van der Waals surface area contributed by atoms with Crippen molar-refractivity contribution in [3.8, 4) is 16.9 Å². The van der Waals surface area contributed by atoms with Crippen molar-refractivity contribution in [2.75, 3.05) is 13.7 Å². The molecule has 1 saturated heterocycles. The van der Waals surface area contributed by atoms with Crippen LogP contribution in [0.3, 0.4) is 0 Å². The molecular weight excluding hydrogens is 388 g/mol. The number of methoxy groups -OCH3 is 1. The third-order valence-electron chi connectivity index (χ3n) is 5.98. The highest BCUT2D eigenvalue weighted by molar-refractivity contribution is 5.95. The van der Waals surface area contributed by atoms with Gasteiger partial charge in [-0.3, -0.25) is 4.79 Å². The Morgan fingerprint density at radius 3 is 2.81 bits per heavy atom. The molecule has 0 bridgehead atoms. The number of hydrogen-bond acceptors (Lipinski definition) is 4. The van der Waals surface area contributed by atoms with E-state index in [0.29, 0.717) is 23.7 Å². The molecule has 0 radical (unpaired) electrons. The maximum absolute atomic E-state index is 13.2. The lowest BCUT2D eigenvalue weighted by atomic mass is 10.0. The molecule has 0 aliphatic carbocycles. The van der Waals surface area contributed by atoms with E-state index in [-0.39, 0.29) is 11.9 Å². The molecule has 5 nitrogen and oxygen atoms in total. The molecule has 3 aromatic carbocycles. The molecule has 4 aromatic rings. The molecule has 0 spiro atoms. The molecular formula is C26H24N2O3. The van der Waals surface area contributed by atoms with E-state index in [1.807, 2.05) is 41.3 Å². The Labute approximate surface area is 181 Å². The van der Waals surface area contributed by atoms with E-state index in [2.05, 4.69) is 31.2 Å². The summed E-state index contributed by atoms with van der Waals surface area (Å²) in [4.78, 5) is 19.8. The Balaban J connectivity index is 1.46. The van der Waals surface area contributed by atoms with Crippen LogP contribution < -0.4 is 4.74 Å². The number of rotatable bonds is 4. The van der Waals surface area contributed by atoms with Crippen LogP contribution in [0.1, 0.15) is 40.7 Å². The summed E-state index contributed by atoms with van der Waals surface area (Å²) in [5.41, 5.74) is 5.69. The number of aromatic nitrogens is 1. The van der Waals surface area contributed by atoms with Gasteiger partial charge in [0.2, 0.25) is 5.89 Å². The van der Waals surface area contributed by atoms with Crippen LogP contribution in [0.5, 0.6) is 5.75 Å². The van der Waals surface area contributed by atoms with Crippen LogP contribution in [0, 0.1) is 6.92 Å². The number of carbonyl (C=O) groups is 1. The van der Waals surface area contributed by atoms with Gasteiger partial charge in [0, 0.05) is 12.1 Å². The number of aryl methyl sites for hydroxylation is 1. The number of carbonyl (C=O) groups excluding carboxylic acids is 1. The smallest absolute Gasteiger partial charge is 0.254 e. The van der Waals surface area contributed by atoms with Crippen LogP contribution in [0.4, 0.5) is 0 Å². The molecule has 0 saturated carbocycles. The highest BCUT2D eigenvalue weighted by atomic mass is 16.5. The zero-order valence-corrected chi connectivity index (χ0v) is 17.7. The largest absolute Gasteiger partial charge is 0.497 e. The van der Waals surface area contributed by atoms with Crippen molar-refractivity contribution >= 4 is 17.0 Å². The molecule has 1 aromatic heterocycles. The molecule has 5 rings (SSSR count). The summed E-state index contributed by atoms with van der Waals surface area (Å²) >= 11 is 0. The van der Waals surface area contributed by atoms with E-state index >= 15 is 0 Å². The zero-order chi connectivity index (χ0) is 21.4. The molecule has 0 N–H and O–H groups in total. The number of likely N-dealkylation sites (tertiary alicyclic amines) is 1. The number of ether oxygens (including phenoxy) is 1. The van der Waals surface area contributed by atoms with Gasteiger partial charge in [0.05, 0.1) is 7.11 Å². The molecule has 1 amide bonds. The molecule has 2 heterocycles. The first-order valence-corrected chi connectivity index (χ1v) is 10.6. The molecule has 1 aliphatic heterocycles. The first-order chi connectivity index (χ1) is 15.1. The van der Waals surface area contributed by atoms with Gasteiger partial charge < -0.3 is 14.1 Å². The van der Waals surface area contributed by atoms with Gasteiger partial charge in [0.1, 0.15) is 17.3 Å². The lowest BCUT2D eigenvalue weighted by molar-refractivity contribution is 0.0716. The van der Waals surface area contributed by atoms with E-state index in [4.69, 9.17) is 14.1 Å². The molecule has 31 heavy (non-hydrogen) atoms. The van der Waals surface area contributed by atoms with Crippen molar-refractivity contribution in [2.45, 2.75) is 25.8 Å². The second-order valence-electron chi connectivity index (χ2n) is 7.94. The summed E-state index contributed by atoms with van der Waals surface area (Å²) in [6.45, 7) is 2.79. The highest BCUT2D eigenvalue weighted by Crippen LogP contribution is 2.35. The summed E-state index contributed by atoms with van der Waals surface area (Å²) < 4.78 is 11.4. The van der Waals surface area contributed by atoms with E-state index in [1.54, 1.807) is 13.2 Å². The highest BCUT2D eigenvalue weighted by Gasteiger charge is 2.34. The van der Waals surface area contributed by atoms with Gasteiger partial charge in [-0.25, -0.2) is 4.98 Å². The average Bonchev–Trinajstić information content (AvgIpc) is 3.45. The van der Waals surface area contributed by atoms with Gasteiger partial charge in [-0.05, 0) is 66.8 Å². The predicted molar refractivity (Wildman–Crippen MR) is 120 cm³/mol. The molecule has 156 valence electrons. The van der Waals surface area contributed by atoms with Crippen LogP contribution in [0.25, 0.3) is 22.2 Å². The number of amides is 1. The third kappa shape index (κ3) is 3.56. The van der Waals surface area contributed by atoms with Crippen molar-refractivity contribution < 1.29 is 13.9 Å². The minimum Gasteiger partial charge on any atom is -0.497 e. The lowest BCUT2D eigenvalue weighted by Gasteiger charge is -2.22. The van der Waals surface area contributed by atoms with E-state index in [0.717, 1.165) is 29.5 Å². The van der Waals surface area contributed by atoms with Crippen LogP contribution in [-0.2, 0) is 0 Å². The Bertz CT molecular complexity index is 1260. The fourth-order valence-corrected chi connectivity index (χ4v) is 4.34. The quantitative estimate of drug-likeness (QED) is 0.426. The van der Waals surface area contributed by atoms with Gasteiger partial charge >= 0.3 is 0 Å². The average molecular weight is 412 g/mol. The van der Waals surface area contributed by atoms with Crippen LogP contribution in [-0.4, -0.2) is 29.4 Å². The van der Waals surface area contributed by atoms with Gasteiger partial charge in [0.25, 0.3) is 5.91 Å². The van der Waals surface area contributed by atoms with Crippen LogP contribution >= 0.6 is 0 Å². The second kappa shape index (κ2) is 7.91. The molecule has 1 aliphatic rings. The van der Waals surface area contributed by atoms with Gasteiger partial charge in [-0.2, -0.15) is 0 Å². The summed E-state index contributed by atoms with van der Waals surface area (Å²) in [5.74, 6) is 1.25. The number of oxazole rings is 1. The van der Waals surface area contributed by atoms with E-state index in [9.17, 15) is 4.79 Å². The molecule has 1 fully saturated rings. The Hall–Kier alpha value is -3.60. The number of fused-ring (bicyclic) bond motifs is 1. The number of nitrogens with zero attached hydrogens (tertiary/aromatic N) is 2. The normalized spacial score (nSPS) is 16.1. The predicted octanol–water partition coefficient (Wildman–Crippen LogP) is 5.79. The third-order valence-corrected chi connectivity index (χ3v) is 5.98. The minimum absolute atomic E-state index is 0.0238. The van der Waals surface area contributed by atoms with Crippen molar-refractivity contribution in [3.63, 3.8) is 0 Å². The minimum atomic E-state index is -0.159. The second-order valence-corrected chi connectivity index (χ2v) is 7.94. The van der Waals surface area contributed by atoms with Crippen LogP contribution in [0.15, 0.2) is 71.1 Å². The van der Waals surface area contributed by atoms with Crippen LogP contribution in [0.2, 0.25) is 0 Å². The fraction of sp³-hybridized carbons (Fsp3) is 0.231. The van der Waals surface area contributed by atoms with Crippen molar-refractivity contribution in [1.82, 2.24) is 9.88 Å². The molecule has 1 atom stereocenters. The Kier molecular flexibility index (Phi) is 4.94. The van der Waals surface area contributed by atoms with E-state index < -0.39 is 0 Å². The monoisotopic (exact) mass is 412 g/mol. The number of hydrogen-bond donors (Lipinski definition) is 0. The van der Waals surface area contributed by atoms with Gasteiger partial charge in [0.15, 0.2) is 5.58 Å². The van der Waals surface area contributed by atoms with Gasteiger partial charge in [-0.15, -0.1) is 0 Å². The maximum atomic E-state index is 13.2. The topological polar surface area (TPSA) is 55.6 Å².